The van der Waals surface area contributed by atoms with Crippen molar-refractivity contribution in [2.75, 3.05) is 19.0 Å². The maximum absolute atomic E-state index is 14.0. The van der Waals surface area contributed by atoms with E-state index in [0.29, 0.717) is 28.5 Å². The van der Waals surface area contributed by atoms with Crippen LogP contribution >= 0.6 is 0 Å². The molecule has 8 nitrogen and oxygen atoms in total. The smallest absolute Gasteiger partial charge is 0.259 e. The average Bonchev–Trinajstić information content (AvgIpc) is 3.40. The van der Waals surface area contributed by atoms with E-state index in [1.807, 2.05) is 36.4 Å². The van der Waals surface area contributed by atoms with E-state index in [0.717, 1.165) is 46.0 Å². The molecule has 39 heavy (non-hydrogen) atoms. The molecular formula is C31H32N4O4. The summed E-state index contributed by atoms with van der Waals surface area (Å²) in [5, 5.41) is 5.36. The summed E-state index contributed by atoms with van der Waals surface area (Å²) in [6.07, 6.45) is 3.09. The first-order valence-corrected chi connectivity index (χ1v) is 13.3. The number of aromatic nitrogens is 2. The van der Waals surface area contributed by atoms with Gasteiger partial charge in [0, 0.05) is 61.0 Å². The Labute approximate surface area is 226 Å². The number of methoxy groups -OCH3 is 1. The molecular weight excluding hydrogens is 492 g/mol. The lowest BCUT2D eigenvalue weighted by Gasteiger charge is -2.20. The normalized spacial score (nSPS) is 16.7. The van der Waals surface area contributed by atoms with Gasteiger partial charge in [-0.1, -0.05) is 19.9 Å². The minimum Gasteiger partial charge on any atom is -0.497 e. The summed E-state index contributed by atoms with van der Waals surface area (Å²) in [5.41, 5.74) is 5.00. The van der Waals surface area contributed by atoms with Gasteiger partial charge in [0.15, 0.2) is 0 Å². The number of rotatable bonds is 5. The molecule has 2 aliphatic rings. The van der Waals surface area contributed by atoms with Crippen LogP contribution in [0.2, 0.25) is 0 Å². The lowest BCUT2D eigenvalue weighted by atomic mass is 9.84. The monoisotopic (exact) mass is 524 g/mol. The number of fused-ring (bicyclic) bond motifs is 1. The number of hydrogen-bond donors (Lipinski definition) is 1. The van der Waals surface area contributed by atoms with Crippen LogP contribution in [0.15, 0.2) is 64.7 Å². The average molecular weight is 525 g/mol. The molecule has 1 N–H and O–H groups in total. The van der Waals surface area contributed by atoms with Crippen molar-refractivity contribution in [1.29, 1.82) is 0 Å². The fourth-order valence-electron chi connectivity index (χ4n) is 5.98. The van der Waals surface area contributed by atoms with Crippen molar-refractivity contribution in [2.45, 2.75) is 39.7 Å². The van der Waals surface area contributed by atoms with Crippen molar-refractivity contribution >= 4 is 39.3 Å². The Balaban J connectivity index is 1.65. The summed E-state index contributed by atoms with van der Waals surface area (Å²) >= 11 is 0. The number of aryl methyl sites for hydroxylation is 2. The molecule has 0 saturated carbocycles. The number of carbonyl (C=O) groups is 2. The summed E-state index contributed by atoms with van der Waals surface area (Å²) in [4.78, 5) is 41.6. The van der Waals surface area contributed by atoms with Crippen LogP contribution in [-0.4, -0.2) is 39.5 Å². The second kappa shape index (κ2) is 9.15. The maximum atomic E-state index is 14.0. The molecule has 200 valence electrons. The summed E-state index contributed by atoms with van der Waals surface area (Å²) in [6.45, 7) is 6.77. The van der Waals surface area contributed by atoms with Crippen LogP contribution in [-0.2, 0) is 23.2 Å². The SMILES string of the molecule is COc1ccc2cc(C3C4=C(CN(C(C)=O)C4=O)Nc4cccc5c4c3cn5CCC(C)C)c(=O)n(C)c2c1. The molecule has 1 atom stereocenters. The van der Waals surface area contributed by atoms with Crippen molar-refractivity contribution in [3.63, 3.8) is 0 Å². The number of nitrogens with one attached hydrogen (secondary N) is 1. The zero-order chi connectivity index (χ0) is 27.6. The van der Waals surface area contributed by atoms with Crippen LogP contribution in [0.5, 0.6) is 5.75 Å². The van der Waals surface area contributed by atoms with Gasteiger partial charge in [0.2, 0.25) is 5.91 Å². The molecule has 2 aromatic heterocycles. The molecule has 1 unspecified atom stereocenters. The number of benzene rings is 2. The zero-order valence-electron chi connectivity index (χ0n) is 22.9. The van der Waals surface area contributed by atoms with Crippen LogP contribution in [0.4, 0.5) is 5.69 Å². The summed E-state index contributed by atoms with van der Waals surface area (Å²) < 4.78 is 9.24. The van der Waals surface area contributed by atoms with Gasteiger partial charge in [0.25, 0.3) is 11.5 Å². The number of pyridine rings is 1. The van der Waals surface area contributed by atoms with E-state index in [2.05, 4.69) is 36.0 Å². The second-order valence-electron chi connectivity index (χ2n) is 10.9. The number of ether oxygens (including phenoxy) is 1. The second-order valence-corrected chi connectivity index (χ2v) is 10.9. The molecule has 0 radical (unpaired) electrons. The Morgan fingerprint density at radius 1 is 1.10 bits per heavy atom. The van der Waals surface area contributed by atoms with E-state index < -0.39 is 5.92 Å². The van der Waals surface area contributed by atoms with Crippen molar-refractivity contribution in [1.82, 2.24) is 14.0 Å². The molecule has 2 amide bonds. The molecule has 2 aliphatic heterocycles. The Morgan fingerprint density at radius 2 is 1.90 bits per heavy atom. The number of carbonyl (C=O) groups excluding carboxylic acids is 2. The van der Waals surface area contributed by atoms with Gasteiger partial charge in [0.1, 0.15) is 5.75 Å². The van der Waals surface area contributed by atoms with Crippen molar-refractivity contribution in [3.8, 4) is 5.75 Å². The minimum atomic E-state index is -0.638. The van der Waals surface area contributed by atoms with Gasteiger partial charge in [-0.25, -0.2) is 0 Å². The van der Waals surface area contributed by atoms with Crippen molar-refractivity contribution in [3.05, 3.63) is 81.4 Å². The predicted molar refractivity (Wildman–Crippen MR) is 152 cm³/mol. The van der Waals surface area contributed by atoms with E-state index >= 15 is 0 Å². The first kappa shape index (κ1) is 25.0. The van der Waals surface area contributed by atoms with Crippen LogP contribution in [0, 0.1) is 5.92 Å². The number of amides is 2. The minimum absolute atomic E-state index is 0.152. The maximum Gasteiger partial charge on any atom is 0.259 e. The predicted octanol–water partition coefficient (Wildman–Crippen LogP) is 4.75. The Hall–Kier alpha value is -4.33. The summed E-state index contributed by atoms with van der Waals surface area (Å²) in [5.74, 6) is -0.130. The highest BCUT2D eigenvalue weighted by Gasteiger charge is 2.42. The lowest BCUT2D eigenvalue weighted by molar-refractivity contribution is -0.139. The van der Waals surface area contributed by atoms with E-state index in [1.165, 1.54) is 11.8 Å². The number of anilines is 1. The Morgan fingerprint density at radius 3 is 2.62 bits per heavy atom. The molecule has 4 aromatic rings. The highest BCUT2D eigenvalue weighted by Crippen LogP contribution is 2.46. The summed E-state index contributed by atoms with van der Waals surface area (Å²) in [6, 6.07) is 13.6. The lowest BCUT2D eigenvalue weighted by Crippen LogP contribution is -2.34. The quantitative estimate of drug-likeness (QED) is 0.407. The molecule has 0 bridgehead atoms. The van der Waals surface area contributed by atoms with Crippen LogP contribution in [0.1, 0.15) is 44.2 Å². The van der Waals surface area contributed by atoms with E-state index in [1.54, 1.807) is 18.7 Å². The third-order valence-electron chi connectivity index (χ3n) is 8.04. The highest BCUT2D eigenvalue weighted by atomic mass is 16.5. The molecule has 0 aliphatic carbocycles. The Bertz CT molecular complexity index is 1770. The molecule has 0 fully saturated rings. The standard InChI is InChI=1S/C31H32N4O4/c1-17(2)11-12-34-15-22-27(21-13-19-9-10-20(39-5)14-26(19)33(4)30(21)37)29-24(16-35(18(3)36)31(29)38)32-23-7-6-8-25(34)28(22)23/h6-10,13-15,17,27,32H,11-12,16H2,1-5H3. The van der Waals surface area contributed by atoms with E-state index in [9.17, 15) is 14.4 Å². The topological polar surface area (TPSA) is 85.6 Å². The first-order chi connectivity index (χ1) is 18.7. The number of nitrogens with zero attached hydrogens (tertiary/aromatic N) is 3. The van der Waals surface area contributed by atoms with Crippen LogP contribution in [0.3, 0.4) is 0 Å². The number of imide groups is 1. The molecule has 0 spiro atoms. The molecule has 6 rings (SSSR count). The molecule has 0 saturated heterocycles. The van der Waals surface area contributed by atoms with Gasteiger partial charge in [-0.05, 0) is 53.6 Å². The summed E-state index contributed by atoms with van der Waals surface area (Å²) in [7, 11) is 3.34. The van der Waals surface area contributed by atoms with Crippen molar-refractivity contribution in [2.24, 2.45) is 13.0 Å². The van der Waals surface area contributed by atoms with E-state index in [-0.39, 0.29) is 23.9 Å². The van der Waals surface area contributed by atoms with Gasteiger partial charge >= 0.3 is 0 Å². The van der Waals surface area contributed by atoms with E-state index in [4.69, 9.17) is 4.74 Å². The van der Waals surface area contributed by atoms with Gasteiger partial charge in [-0.2, -0.15) is 0 Å². The first-order valence-electron chi connectivity index (χ1n) is 13.3. The molecule has 2 aromatic carbocycles. The van der Waals surface area contributed by atoms with Crippen molar-refractivity contribution < 1.29 is 14.3 Å². The van der Waals surface area contributed by atoms with Crippen LogP contribution < -0.4 is 15.6 Å². The highest BCUT2D eigenvalue weighted by molar-refractivity contribution is 6.11. The van der Waals surface area contributed by atoms with Gasteiger partial charge in [0.05, 0.1) is 30.3 Å². The third-order valence-corrected chi connectivity index (χ3v) is 8.04. The molecule has 4 heterocycles. The van der Waals surface area contributed by atoms with Gasteiger partial charge in [-0.15, -0.1) is 0 Å². The fourth-order valence-corrected chi connectivity index (χ4v) is 5.98. The largest absolute Gasteiger partial charge is 0.497 e. The van der Waals surface area contributed by atoms with Gasteiger partial charge in [-0.3, -0.25) is 19.3 Å². The number of hydrogen-bond acceptors (Lipinski definition) is 5. The zero-order valence-corrected chi connectivity index (χ0v) is 22.9. The van der Waals surface area contributed by atoms with Crippen LogP contribution in [0.25, 0.3) is 21.8 Å². The fraction of sp³-hybridized carbons (Fsp3) is 0.323. The third kappa shape index (κ3) is 3.85. The Kier molecular flexibility index (Phi) is 5.86. The molecule has 8 heteroatoms. The van der Waals surface area contributed by atoms with Gasteiger partial charge < -0.3 is 19.2 Å².